The van der Waals surface area contributed by atoms with Crippen LogP contribution in [0.1, 0.15) is 46.7 Å². The molecule has 2 fully saturated rings. The summed E-state index contributed by atoms with van der Waals surface area (Å²) in [5.41, 5.74) is 5.37. The molecule has 0 bridgehead atoms. The number of carbonyl (C=O) groups is 1. The van der Waals surface area contributed by atoms with Crippen LogP contribution in [0.5, 0.6) is 0 Å². The van der Waals surface area contributed by atoms with Crippen LogP contribution in [-0.4, -0.2) is 29.9 Å². The van der Waals surface area contributed by atoms with Crippen molar-refractivity contribution >= 4 is 17.2 Å². The van der Waals surface area contributed by atoms with Gasteiger partial charge in [0.2, 0.25) is 0 Å². The minimum absolute atomic E-state index is 0.201. The largest absolute Gasteiger partial charge is 0.335 e. The number of fused-ring (bicyclic) bond motifs is 1. The van der Waals surface area contributed by atoms with Gasteiger partial charge in [0.1, 0.15) is 0 Å². The summed E-state index contributed by atoms with van der Waals surface area (Å²) in [6, 6.07) is 4.32. The Hall–Kier alpha value is -1.31. The van der Waals surface area contributed by atoms with Gasteiger partial charge in [0.25, 0.3) is 5.91 Å². The SMILES string of the molecule is NCC#Cc1ccc(C(=O)N2CCCC3CCCC32)s1. The maximum atomic E-state index is 12.7. The molecule has 1 aliphatic carbocycles. The Morgan fingerprint density at radius 3 is 3.05 bits per heavy atom. The zero-order chi connectivity index (χ0) is 13.9. The molecule has 2 aliphatic rings. The second kappa shape index (κ2) is 5.99. The Balaban J connectivity index is 1.76. The van der Waals surface area contributed by atoms with Gasteiger partial charge >= 0.3 is 0 Å². The van der Waals surface area contributed by atoms with Gasteiger partial charge in [-0.2, -0.15) is 0 Å². The second-order valence-corrected chi connectivity index (χ2v) is 6.65. The minimum atomic E-state index is 0.201. The third-order valence-corrected chi connectivity index (χ3v) is 5.37. The lowest BCUT2D eigenvalue weighted by Gasteiger charge is -2.37. The topological polar surface area (TPSA) is 46.3 Å². The smallest absolute Gasteiger partial charge is 0.264 e. The van der Waals surface area contributed by atoms with E-state index in [9.17, 15) is 4.79 Å². The predicted octanol–water partition coefficient (Wildman–Crippen LogP) is 2.46. The maximum Gasteiger partial charge on any atom is 0.264 e. The minimum Gasteiger partial charge on any atom is -0.335 e. The van der Waals surface area contributed by atoms with Crippen LogP contribution in [0.3, 0.4) is 0 Å². The van der Waals surface area contributed by atoms with Crippen LogP contribution in [0.2, 0.25) is 0 Å². The van der Waals surface area contributed by atoms with Crippen LogP contribution >= 0.6 is 11.3 Å². The van der Waals surface area contributed by atoms with Gasteiger partial charge in [0, 0.05) is 12.6 Å². The summed E-state index contributed by atoms with van der Waals surface area (Å²) in [5.74, 6) is 6.78. The number of likely N-dealkylation sites (tertiary alicyclic amines) is 1. The van der Waals surface area contributed by atoms with Gasteiger partial charge < -0.3 is 10.6 Å². The highest BCUT2D eigenvalue weighted by molar-refractivity contribution is 7.14. The van der Waals surface area contributed by atoms with Crippen LogP contribution in [0, 0.1) is 17.8 Å². The van der Waals surface area contributed by atoms with E-state index in [1.165, 1.54) is 37.0 Å². The molecule has 4 heteroatoms. The molecule has 1 aromatic rings. The standard InChI is InChI=1S/C16H20N2OS/c17-10-2-6-13-8-9-15(20-13)16(19)18-11-3-5-12-4-1-7-14(12)18/h8-9,12,14H,1,3-5,7,10-11,17H2. The van der Waals surface area contributed by atoms with Gasteiger partial charge in [-0.15, -0.1) is 11.3 Å². The predicted molar refractivity (Wildman–Crippen MR) is 81.7 cm³/mol. The molecule has 1 saturated carbocycles. The summed E-state index contributed by atoms with van der Waals surface area (Å²) in [6.07, 6.45) is 6.20. The number of piperidine rings is 1. The first kappa shape index (κ1) is 13.7. The number of amides is 1. The number of nitrogens with zero attached hydrogens (tertiary/aromatic N) is 1. The molecule has 106 valence electrons. The van der Waals surface area contributed by atoms with Crippen molar-refractivity contribution in [2.45, 2.75) is 38.1 Å². The average molecular weight is 288 g/mol. The first-order valence-electron chi connectivity index (χ1n) is 7.39. The first-order chi connectivity index (χ1) is 9.79. The molecular weight excluding hydrogens is 268 g/mol. The van der Waals surface area contributed by atoms with Crippen molar-refractivity contribution in [2.24, 2.45) is 11.7 Å². The Morgan fingerprint density at radius 2 is 2.20 bits per heavy atom. The van der Waals surface area contributed by atoms with Crippen molar-refractivity contribution in [1.82, 2.24) is 4.90 Å². The number of nitrogens with two attached hydrogens (primary N) is 1. The lowest BCUT2D eigenvalue weighted by Crippen LogP contribution is -2.45. The third-order valence-electron chi connectivity index (χ3n) is 4.38. The van der Waals surface area contributed by atoms with E-state index in [4.69, 9.17) is 5.73 Å². The van der Waals surface area contributed by atoms with Gasteiger partial charge in [-0.3, -0.25) is 4.79 Å². The van der Waals surface area contributed by atoms with Crippen molar-refractivity contribution in [3.05, 3.63) is 21.9 Å². The van der Waals surface area contributed by atoms with E-state index in [2.05, 4.69) is 16.7 Å². The van der Waals surface area contributed by atoms with E-state index in [0.29, 0.717) is 12.6 Å². The van der Waals surface area contributed by atoms with Gasteiger partial charge in [0.05, 0.1) is 16.3 Å². The molecule has 1 amide bonds. The molecule has 3 rings (SSSR count). The van der Waals surface area contributed by atoms with E-state index < -0.39 is 0 Å². The summed E-state index contributed by atoms with van der Waals surface area (Å²) < 4.78 is 0. The fourth-order valence-electron chi connectivity index (χ4n) is 3.51. The monoisotopic (exact) mass is 288 g/mol. The molecule has 3 nitrogen and oxygen atoms in total. The van der Waals surface area contributed by atoms with Crippen LogP contribution in [0.15, 0.2) is 12.1 Å². The van der Waals surface area contributed by atoms with Crippen molar-refractivity contribution < 1.29 is 4.79 Å². The molecule has 2 N–H and O–H groups in total. The van der Waals surface area contributed by atoms with Crippen molar-refractivity contribution in [2.75, 3.05) is 13.1 Å². The van der Waals surface area contributed by atoms with Crippen LogP contribution < -0.4 is 5.73 Å². The third kappa shape index (κ3) is 2.61. The molecule has 2 unspecified atom stereocenters. The zero-order valence-electron chi connectivity index (χ0n) is 11.6. The number of carbonyl (C=O) groups excluding carboxylic acids is 1. The quantitative estimate of drug-likeness (QED) is 0.807. The molecule has 1 aliphatic heterocycles. The van der Waals surface area contributed by atoms with E-state index in [-0.39, 0.29) is 5.91 Å². The summed E-state index contributed by atoms with van der Waals surface area (Å²) in [4.78, 5) is 16.6. The number of thiophene rings is 1. The Kier molecular flexibility index (Phi) is 4.09. The van der Waals surface area contributed by atoms with Crippen molar-refractivity contribution in [3.63, 3.8) is 0 Å². The van der Waals surface area contributed by atoms with Gasteiger partial charge in [-0.25, -0.2) is 0 Å². The zero-order valence-corrected chi connectivity index (χ0v) is 12.4. The maximum absolute atomic E-state index is 12.7. The van der Waals surface area contributed by atoms with E-state index in [1.807, 2.05) is 12.1 Å². The highest BCUT2D eigenvalue weighted by Crippen LogP contribution is 2.37. The first-order valence-corrected chi connectivity index (χ1v) is 8.21. The summed E-state index contributed by atoms with van der Waals surface area (Å²) in [5, 5.41) is 0. The van der Waals surface area contributed by atoms with E-state index >= 15 is 0 Å². The molecule has 1 aromatic heterocycles. The molecular formula is C16H20N2OS. The van der Waals surface area contributed by atoms with Crippen LogP contribution in [0.25, 0.3) is 0 Å². The Morgan fingerprint density at radius 1 is 1.35 bits per heavy atom. The number of rotatable bonds is 1. The van der Waals surface area contributed by atoms with E-state index in [1.54, 1.807) is 0 Å². The highest BCUT2D eigenvalue weighted by atomic mass is 32.1. The summed E-state index contributed by atoms with van der Waals surface area (Å²) >= 11 is 1.49. The number of hydrogen-bond acceptors (Lipinski definition) is 3. The fraction of sp³-hybridized carbons (Fsp3) is 0.562. The molecule has 2 atom stereocenters. The molecule has 1 saturated heterocycles. The van der Waals surface area contributed by atoms with Crippen molar-refractivity contribution in [3.8, 4) is 11.8 Å². The molecule has 0 radical (unpaired) electrons. The molecule has 2 heterocycles. The van der Waals surface area contributed by atoms with Gasteiger partial charge in [0.15, 0.2) is 0 Å². The van der Waals surface area contributed by atoms with Gasteiger partial charge in [-0.05, 0) is 43.7 Å². The highest BCUT2D eigenvalue weighted by Gasteiger charge is 2.37. The Labute approximate surface area is 124 Å². The summed E-state index contributed by atoms with van der Waals surface area (Å²) in [6.45, 7) is 1.28. The lowest BCUT2D eigenvalue weighted by atomic mass is 9.92. The fourth-order valence-corrected chi connectivity index (χ4v) is 4.34. The molecule has 0 aromatic carbocycles. The van der Waals surface area contributed by atoms with Crippen LogP contribution in [-0.2, 0) is 0 Å². The molecule has 20 heavy (non-hydrogen) atoms. The average Bonchev–Trinajstić information content (AvgIpc) is 3.12. The lowest BCUT2D eigenvalue weighted by molar-refractivity contribution is 0.0553. The van der Waals surface area contributed by atoms with E-state index in [0.717, 1.165) is 28.6 Å². The second-order valence-electron chi connectivity index (χ2n) is 5.57. The number of hydrogen-bond donors (Lipinski definition) is 1. The van der Waals surface area contributed by atoms with Crippen LogP contribution in [0.4, 0.5) is 0 Å². The molecule has 0 spiro atoms. The summed E-state index contributed by atoms with van der Waals surface area (Å²) in [7, 11) is 0. The Bertz CT molecular complexity index is 554. The normalized spacial score (nSPS) is 24.9. The van der Waals surface area contributed by atoms with Gasteiger partial charge in [-0.1, -0.05) is 18.3 Å². The van der Waals surface area contributed by atoms with Crippen molar-refractivity contribution in [1.29, 1.82) is 0 Å².